The standard InChI is InChI=1S/C29H34N4O2/c1-21(2)20-35-29-7-5-4-6-28(29)33-19-22(17-31-33)10-13-32-14-11-23(12-15-32)26-18-30-27-9-8-24(34-3)16-25(26)27/h4-9,11,16-19,21,30H,10,12-15,20H2,1-3H3. The zero-order chi connectivity index (χ0) is 24.2. The quantitative estimate of drug-likeness (QED) is 0.339. The molecular weight excluding hydrogens is 436 g/mol. The van der Waals surface area contributed by atoms with E-state index >= 15 is 0 Å². The van der Waals surface area contributed by atoms with Crippen LogP contribution in [0.25, 0.3) is 22.2 Å². The molecule has 5 rings (SSSR count). The number of methoxy groups -OCH3 is 1. The molecule has 0 unspecified atom stereocenters. The van der Waals surface area contributed by atoms with Crippen molar-refractivity contribution in [1.29, 1.82) is 0 Å². The average molecular weight is 471 g/mol. The lowest BCUT2D eigenvalue weighted by Gasteiger charge is -2.26. The van der Waals surface area contributed by atoms with Crippen molar-refractivity contribution < 1.29 is 9.47 Å². The van der Waals surface area contributed by atoms with Gasteiger partial charge in [-0.1, -0.05) is 32.1 Å². The first-order chi connectivity index (χ1) is 17.1. The van der Waals surface area contributed by atoms with Crippen LogP contribution in [0.5, 0.6) is 11.5 Å². The third-order valence-electron chi connectivity index (χ3n) is 6.57. The number of aromatic nitrogens is 3. The van der Waals surface area contributed by atoms with Crippen LogP contribution >= 0.6 is 0 Å². The van der Waals surface area contributed by atoms with Crippen LogP contribution in [0.2, 0.25) is 0 Å². The van der Waals surface area contributed by atoms with Crippen LogP contribution in [0.4, 0.5) is 0 Å². The number of nitrogens with zero attached hydrogens (tertiary/aromatic N) is 3. The molecule has 0 bridgehead atoms. The van der Waals surface area contributed by atoms with Crippen molar-refractivity contribution >= 4 is 16.5 Å². The SMILES string of the molecule is COc1ccc2[nH]cc(C3=CCN(CCc4cnn(-c5ccccc5OCC(C)C)c4)CC3)c2c1. The molecule has 0 saturated carbocycles. The third kappa shape index (κ3) is 5.28. The van der Waals surface area contributed by atoms with Crippen LogP contribution in [-0.2, 0) is 6.42 Å². The average Bonchev–Trinajstić information content (AvgIpc) is 3.53. The highest BCUT2D eigenvalue weighted by Crippen LogP contribution is 2.31. The van der Waals surface area contributed by atoms with E-state index in [4.69, 9.17) is 9.47 Å². The summed E-state index contributed by atoms with van der Waals surface area (Å²) in [6.45, 7) is 8.05. The molecule has 1 N–H and O–H groups in total. The highest BCUT2D eigenvalue weighted by molar-refractivity contribution is 5.93. The minimum Gasteiger partial charge on any atom is -0.497 e. The number of hydrogen-bond acceptors (Lipinski definition) is 4. The van der Waals surface area contributed by atoms with E-state index in [1.54, 1.807) is 7.11 Å². The molecule has 1 aliphatic heterocycles. The van der Waals surface area contributed by atoms with Crippen molar-refractivity contribution in [2.75, 3.05) is 33.4 Å². The first-order valence-corrected chi connectivity index (χ1v) is 12.4. The molecule has 4 aromatic rings. The predicted molar refractivity (Wildman–Crippen MR) is 141 cm³/mol. The molecule has 6 heteroatoms. The molecule has 0 fully saturated rings. The minimum absolute atomic E-state index is 0.481. The summed E-state index contributed by atoms with van der Waals surface area (Å²) >= 11 is 0. The van der Waals surface area contributed by atoms with Crippen molar-refractivity contribution in [2.45, 2.75) is 26.7 Å². The first kappa shape index (κ1) is 23.2. The van der Waals surface area contributed by atoms with Crippen molar-refractivity contribution in [3.8, 4) is 17.2 Å². The Morgan fingerprint density at radius 2 is 2.03 bits per heavy atom. The Labute approximate surface area is 207 Å². The van der Waals surface area contributed by atoms with E-state index in [2.05, 4.69) is 65.5 Å². The number of H-pyrrole nitrogens is 1. The van der Waals surface area contributed by atoms with E-state index in [0.717, 1.165) is 55.2 Å². The monoisotopic (exact) mass is 470 g/mol. The zero-order valence-electron chi connectivity index (χ0n) is 20.8. The van der Waals surface area contributed by atoms with Gasteiger partial charge < -0.3 is 14.5 Å². The molecule has 0 radical (unpaired) electrons. The Kier molecular flexibility index (Phi) is 6.91. The van der Waals surface area contributed by atoms with Gasteiger partial charge >= 0.3 is 0 Å². The van der Waals surface area contributed by atoms with E-state index in [1.807, 2.05) is 35.1 Å². The van der Waals surface area contributed by atoms with Crippen molar-refractivity contribution in [3.63, 3.8) is 0 Å². The maximum Gasteiger partial charge on any atom is 0.144 e. The summed E-state index contributed by atoms with van der Waals surface area (Å²) in [5.74, 6) is 2.25. The summed E-state index contributed by atoms with van der Waals surface area (Å²) in [6, 6.07) is 14.3. The number of fused-ring (bicyclic) bond motifs is 1. The fourth-order valence-electron chi connectivity index (χ4n) is 4.58. The Morgan fingerprint density at radius 3 is 2.83 bits per heavy atom. The number of rotatable bonds is 9. The van der Waals surface area contributed by atoms with Crippen LogP contribution in [0, 0.1) is 5.92 Å². The molecule has 35 heavy (non-hydrogen) atoms. The van der Waals surface area contributed by atoms with Crippen molar-refractivity contribution in [3.05, 3.63) is 78.3 Å². The van der Waals surface area contributed by atoms with E-state index in [0.29, 0.717) is 12.5 Å². The molecule has 0 atom stereocenters. The van der Waals surface area contributed by atoms with Gasteiger partial charge in [-0.2, -0.15) is 5.10 Å². The number of benzene rings is 2. The molecule has 0 saturated heterocycles. The largest absolute Gasteiger partial charge is 0.497 e. The van der Waals surface area contributed by atoms with Gasteiger partial charge in [-0.3, -0.25) is 4.90 Å². The van der Waals surface area contributed by atoms with E-state index in [9.17, 15) is 0 Å². The Balaban J connectivity index is 1.21. The van der Waals surface area contributed by atoms with E-state index < -0.39 is 0 Å². The summed E-state index contributed by atoms with van der Waals surface area (Å²) < 4.78 is 13.4. The number of nitrogens with one attached hydrogen (secondary N) is 1. The van der Waals surface area contributed by atoms with E-state index in [1.165, 1.54) is 22.1 Å². The molecule has 6 nitrogen and oxygen atoms in total. The lowest BCUT2D eigenvalue weighted by molar-refractivity contribution is 0.270. The molecule has 2 aromatic carbocycles. The maximum absolute atomic E-state index is 6.01. The predicted octanol–water partition coefficient (Wildman–Crippen LogP) is 5.73. The fraction of sp³-hybridized carbons (Fsp3) is 0.345. The maximum atomic E-state index is 6.01. The number of ether oxygens (including phenoxy) is 2. The molecule has 0 aliphatic carbocycles. The Hall–Kier alpha value is -3.51. The van der Waals surface area contributed by atoms with Gasteiger partial charge in [-0.05, 0) is 60.2 Å². The van der Waals surface area contributed by atoms with E-state index in [-0.39, 0.29) is 0 Å². The molecule has 2 aromatic heterocycles. The summed E-state index contributed by atoms with van der Waals surface area (Å²) in [7, 11) is 1.72. The molecule has 0 spiro atoms. The lowest BCUT2D eigenvalue weighted by Crippen LogP contribution is -2.30. The molecule has 3 heterocycles. The van der Waals surface area contributed by atoms with Gasteiger partial charge in [0.25, 0.3) is 0 Å². The summed E-state index contributed by atoms with van der Waals surface area (Å²) in [5, 5.41) is 5.85. The van der Waals surface area contributed by atoms with Crippen molar-refractivity contribution in [1.82, 2.24) is 19.7 Å². The van der Waals surface area contributed by atoms with Gasteiger partial charge in [-0.25, -0.2) is 4.68 Å². The Bertz CT molecular complexity index is 1320. The second kappa shape index (κ2) is 10.4. The smallest absolute Gasteiger partial charge is 0.144 e. The molecule has 182 valence electrons. The number of para-hydroxylation sites is 2. The van der Waals surface area contributed by atoms with Gasteiger partial charge in [-0.15, -0.1) is 0 Å². The van der Waals surface area contributed by atoms with Gasteiger partial charge in [0.2, 0.25) is 0 Å². The number of aromatic amines is 1. The van der Waals surface area contributed by atoms with Crippen LogP contribution < -0.4 is 9.47 Å². The van der Waals surface area contributed by atoms with Gasteiger partial charge in [0, 0.05) is 48.5 Å². The lowest BCUT2D eigenvalue weighted by atomic mass is 9.98. The summed E-state index contributed by atoms with van der Waals surface area (Å²) in [5.41, 5.74) is 6.07. The van der Waals surface area contributed by atoms with Gasteiger partial charge in [0.1, 0.15) is 17.2 Å². The van der Waals surface area contributed by atoms with Gasteiger partial charge in [0.15, 0.2) is 0 Å². The van der Waals surface area contributed by atoms with Crippen LogP contribution in [0.15, 0.2) is 67.1 Å². The molecular formula is C29H34N4O2. The number of hydrogen-bond donors (Lipinski definition) is 1. The molecule has 0 amide bonds. The zero-order valence-corrected chi connectivity index (χ0v) is 20.8. The minimum atomic E-state index is 0.481. The molecule has 1 aliphatic rings. The van der Waals surface area contributed by atoms with Crippen LogP contribution in [0.1, 0.15) is 31.4 Å². The summed E-state index contributed by atoms with van der Waals surface area (Å²) in [6.07, 6.45) is 10.6. The van der Waals surface area contributed by atoms with Crippen LogP contribution in [-0.4, -0.2) is 53.0 Å². The second-order valence-electron chi connectivity index (χ2n) is 9.61. The fourth-order valence-corrected chi connectivity index (χ4v) is 4.58. The Morgan fingerprint density at radius 1 is 1.14 bits per heavy atom. The highest BCUT2D eigenvalue weighted by atomic mass is 16.5. The second-order valence-corrected chi connectivity index (χ2v) is 9.61. The first-order valence-electron chi connectivity index (χ1n) is 12.4. The normalized spacial score (nSPS) is 14.5. The van der Waals surface area contributed by atoms with Crippen LogP contribution in [0.3, 0.4) is 0 Å². The summed E-state index contributed by atoms with van der Waals surface area (Å²) in [4.78, 5) is 5.91. The third-order valence-corrected chi connectivity index (χ3v) is 6.57. The van der Waals surface area contributed by atoms with Crippen molar-refractivity contribution in [2.24, 2.45) is 5.92 Å². The van der Waals surface area contributed by atoms with Gasteiger partial charge in [0.05, 0.1) is 19.9 Å². The topological polar surface area (TPSA) is 55.3 Å². The highest BCUT2D eigenvalue weighted by Gasteiger charge is 2.16.